The maximum Gasteiger partial charge on any atom is 0.144 e. The van der Waals surface area contributed by atoms with Crippen LogP contribution in [0.15, 0.2) is 18.2 Å². The summed E-state index contributed by atoms with van der Waals surface area (Å²) in [6, 6.07) is 4.61. The number of ether oxygens (including phenoxy) is 1. The third-order valence-electron chi connectivity index (χ3n) is 2.83. The molecule has 1 atom stereocenters. The van der Waals surface area contributed by atoms with Gasteiger partial charge in [0.15, 0.2) is 0 Å². The van der Waals surface area contributed by atoms with Crippen LogP contribution in [0, 0.1) is 0 Å². The standard InChI is InChI=1S/C14H23NO4S/c1-2-3-4-5-6-7-8-18-13-9-12(15)10-14(11-13)19-20(16)17/h9-11H,2-8,15H2,1H3,(H,16,17)/p-1. The van der Waals surface area contributed by atoms with Crippen LogP contribution < -0.4 is 14.7 Å². The van der Waals surface area contributed by atoms with Gasteiger partial charge >= 0.3 is 0 Å². The second kappa shape index (κ2) is 9.61. The van der Waals surface area contributed by atoms with Crippen molar-refractivity contribution in [3.8, 4) is 11.5 Å². The van der Waals surface area contributed by atoms with Crippen LogP contribution in [0.1, 0.15) is 45.4 Å². The molecule has 0 aliphatic heterocycles. The Morgan fingerprint density at radius 2 is 1.75 bits per heavy atom. The third kappa shape index (κ3) is 7.35. The molecule has 114 valence electrons. The molecule has 0 spiro atoms. The summed E-state index contributed by atoms with van der Waals surface area (Å²) in [6.07, 6.45) is 7.12. The van der Waals surface area contributed by atoms with Gasteiger partial charge in [-0.25, -0.2) is 4.21 Å². The van der Waals surface area contributed by atoms with Crippen LogP contribution in [0.5, 0.6) is 11.5 Å². The van der Waals surface area contributed by atoms with Gasteiger partial charge in [0.2, 0.25) is 0 Å². The fourth-order valence-electron chi connectivity index (χ4n) is 1.88. The van der Waals surface area contributed by atoms with Gasteiger partial charge in [-0.15, -0.1) is 0 Å². The molecule has 20 heavy (non-hydrogen) atoms. The predicted molar refractivity (Wildman–Crippen MR) is 79.3 cm³/mol. The molecule has 1 aromatic carbocycles. The molecule has 0 aliphatic carbocycles. The average Bonchev–Trinajstić information content (AvgIpc) is 2.36. The number of unbranched alkanes of at least 4 members (excludes halogenated alkanes) is 5. The molecule has 2 N–H and O–H groups in total. The smallest absolute Gasteiger partial charge is 0.144 e. The van der Waals surface area contributed by atoms with E-state index in [1.807, 2.05) is 0 Å². The first-order valence-corrected chi connectivity index (χ1v) is 7.92. The van der Waals surface area contributed by atoms with E-state index >= 15 is 0 Å². The summed E-state index contributed by atoms with van der Waals surface area (Å²) in [7, 11) is 0. The first-order chi connectivity index (χ1) is 9.61. The Labute approximate surface area is 123 Å². The van der Waals surface area contributed by atoms with Crippen molar-refractivity contribution >= 4 is 17.0 Å². The Kier molecular flexibility index (Phi) is 8.06. The van der Waals surface area contributed by atoms with E-state index < -0.39 is 11.4 Å². The van der Waals surface area contributed by atoms with Crippen LogP contribution in [0.3, 0.4) is 0 Å². The second-order valence-corrected chi connectivity index (χ2v) is 5.22. The molecule has 0 aliphatic rings. The zero-order valence-electron chi connectivity index (χ0n) is 11.8. The van der Waals surface area contributed by atoms with E-state index in [1.165, 1.54) is 37.8 Å². The van der Waals surface area contributed by atoms with Crippen molar-refractivity contribution in [2.75, 3.05) is 12.3 Å². The maximum absolute atomic E-state index is 10.5. The SMILES string of the molecule is CCCCCCCCOc1cc(N)cc(OS(=O)[O-])c1. The third-order valence-corrected chi connectivity index (χ3v) is 3.16. The van der Waals surface area contributed by atoms with Crippen LogP contribution in [0.25, 0.3) is 0 Å². The van der Waals surface area contributed by atoms with E-state index in [4.69, 9.17) is 10.5 Å². The van der Waals surface area contributed by atoms with E-state index in [0.29, 0.717) is 18.0 Å². The van der Waals surface area contributed by atoms with Crippen molar-refractivity contribution in [3.05, 3.63) is 18.2 Å². The van der Waals surface area contributed by atoms with Gasteiger partial charge < -0.3 is 19.2 Å². The molecule has 0 aromatic heterocycles. The number of anilines is 1. The van der Waals surface area contributed by atoms with Crippen LogP contribution in [-0.4, -0.2) is 15.4 Å². The monoisotopic (exact) mass is 300 g/mol. The summed E-state index contributed by atoms with van der Waals surface area (Å²) in [5.41, 5.74) is 6.07. The van der Waals surface area contributed by atoms with Gasteiger partial charge in [0.1, 0.15) is 22.9 Å². The highest BCUT2D eigenvalue weighted by atomic mass is 32.2. The lowest BCUT2D eigenvalue weighted by Crippen LogP contribution is -2.01. The molecule has 0 saturated heterocycles. The molecule has 0 heterocycles. The molecule has 1 aromatic rings. The Morgan fingerprint density at radius 3 is 2.45 bits per heavy atom. The fourth-order valence-corrected chi connectivity index (χ4v) is 2.13. The summed E-state index contributed by atoms with van der Waals surface area (Å²) in [6.45, 7) is 2.78. The van der Waals surface area contributed by atoms with Gasteiger partial charge in [-0.1, -0.05) is 39.0 Å². The minimum absolute atomic E-state index is 0.163. The summed E-state index contributed by atoms with van der Waals surface area (Å²) < 4.78 is 31.1. The van der Waals surface area contributed by atoms with Crippen molar-refractivity contribution in [1.29, 1.82) is 0 Å². The number of rotatable bonds is 10. The fraction of sp³-hybridized carbons (Fsp3) is 0.571. The molecule has 0 bridgehead atoms. The molecule has 5 nitrogen and oxygen atoms in total. The van der Waals surface area contributed by atoms with Gasteiger partial charge in [-0.05, 0) is 6.42 Å². The minimum Gasteiger partial charge on any atom is -0.740 e. The van der Waals surface area contributed by atoms with Crippen LogP contribution in [-0.2, 0) is 11.4 Å². The summed E-state index contributed by atoms with van der Waals surface area (Å²) in [5.74, 6) is 0.690. The molecule has 1 unspecified atom stereocenters. The number of hydrogen-bond donors (Lipinski definition) is 1. The van der Waals surface area contributed by atoms with Crippen LogP contribution in [0.4, 0.5) is 5.69 Å². The highest BCUT2D eigenvalue weighted by molar-refractivity contribution is 7.74. The Balaban J connectivity index is 2.32. The van der Waals surface area contributed by atoms with Gasteiger partial charge in [0, 0.05) is 23.9 Å². The van der Waals surface area contributed by atoms with E-state index in [1.54, 1.807) is 6.07 Å². The van der Waals surface area contributed by atoms with Crippen molar-refractivity contribution in [2.24, 2.45) is 0 Å². The molecule has 0 radical (unpaired) electrons. The lowest BCUT2D eigenvalue weighted by atomic mass is 10.1. The van der Waals surface area contributed by atoms with Crippen molar-refractivity contribution in [2.45, 2.75) is 45.4 Å². The van der Waals surface area contributed by atoms with Crippen LogP contribution in [0.2, 0.25) is 0 Å². The van der Waals surface area contributed by atoms with E-state index in [2.05, 4.69) is 11.1 Å². The minimum atomic E-state index is -2.61. The normalized spacial score (nSPS) is 12.1. The largest absolute Gasteiger partial charge is 0.740 e. The molecular formula is C14H22NO4S-. The highest BCUT2D eigenvalue weighted by Crippen LogP contribution is 2.25. The Bertz CT molecular complexity index is 426. The quantitative estimate of drug-likeness (QED) is 0.407. The molecule has 0 fully saturated rings. The second-order valence-electron chi connectivity index (χ2n) is 4.64. The van der Waals surface area contributed by atoms with Gasteiger partial charge in [-0.3, -0.25) is 0 Å². The van der Waals surface area contributed by atoms with Crippen molar-refractivity contribution in [3.63, 3.8) is 0 Å². The average molecular weight is 300 g/mol. The van der Waals surface area contributed by atoms with Crippen LogP contribution >= 0.6 is 0 Å². The van der Waals surface area contributed by atoms with E-state index in [9.17, 15) is 8.76 Å². The lowest BCUT2D eigenvalue weighted by molar-refractivity contribution is 0.303. The van der Waals surface area contributed by atoms with Crippen molar-refractivity contribution < 1.29 is 17.7 Å². The summed E-state index contributed by atoms with van der Waals surface area (Å²) >= 11 is -2.61. The molecule has 0 saturated carbocycles. The van der Waals surface area contributed by atoms with Gasteiger partial charge in [0.25, 0.3) is 0 Å². The zero-order chi connectivity index (χ0) is 14.8. The molecule has 6 heteroatoms. The topological polar surface area (TPSA) is 84.6 Å². The highest BCUT2D eigenvalue weighted by Gasteiger charge is 2.02. The zero-order valence-corrected chi connectivity index (χ0v) is 12.6. The summed E-state index contributed by atoms with van der Waals surface area (Å²) in [4.78, 5) is 0. The Morgan fingerprint density at radius 1 is 1.10 bits per heavy atom. The number of hydrogen-bond acceptors (Lipinski definition) is 5. The van der Waals surface area contributed by atoms with Gasteiger partial charge in [0.05, 0.1) is 6.61 Å². The van der Waals surface area contributed by atoms with E-state index in [0.717, 1.165) is 12.8 Å². The van der Waals surface area contributed by atoms with E-state index in [-0.39, 0.29) is 5.75 Å². The first kappa shape index (κ1) is 16.8. The molecular weight excluding hydrogens is 278 g/mol. The maximum atomic E-state index is 10.5. The van der Waals surface area contributed by atoms with Gasteiger partial charge in [-0.2, -0.15) is 0 Å². The number of nitrogen functional groups attached to an aromatic ring is 1. The lowest BCUT2D eigenvalue weighted by Gasteiger charge is -2.11. The molecule has 0 amide bonds. The first-order valence-electron chi connectivity index (χ1n) is 6.92. The predicted octanol–water partition coefficient (Wildman–Crippen LogP) is 3.18. The molecule has 1 rings (SSSR count). The summed E-state index contributed by atoms with van der Waals surface area (Å²) in [5, 5.41) is 0. The number of nitrogens with two attached hydrogens (primary N) is 1. The Hall–Kier alpha value is -1.27. The number of benzene rings is 1. The van der Waals surface area contributed by atoms with Crippen molar-refractivity contribution in [1.82, 2.24) is 0 Å².